The van der Waals surface area contributed by atoms with E-state index in [1.165, 1.54) is 69.6 Å². The highest BCUT2D eigenvalue weighted by Gasteiger charge is 2.24. The van der Waals surface area contributed by atoms with Gasteiger partial charge in [0, 0.05) is 36.8 Å². The number of nitrogens with zero attached hydrogens (tertiary/aromatic N) is 4. The van der Waals surface area contributed by atoms with Gasteiger partial charge in [-0.25, -0.2) is 18.7 Å². The molecule has 1 aliphatic heterocycles. The predicted molar refractivity (Wildman–Crippen MR) is 153 cm³/mol. The van der Waals surface area contributed by atoms with Crippen molar-refractivity contribution in [2.24, 2.45) is 4.99 Å². The van der Waals surface area contributed by atoms with E-state index >= 15 is 0 Å². The minimum absolute atomic E-state index is 0.00799. The molecule has 202 valence electrons. The third-order valence-corrected chi connectivity index (χ3v) is 7.33. The van der Waals surface area contributed by atoms with Crippen LogP contribution in [0.2, 0.25) is 0 Å². The summed E-state index contributed by atoms with van der Waals surface area (Å²) in [5.74, 6) is -0.293. The molecule has 1 aromatic heterocycles. The first-order valence-electron chi connectivity index (χ1n) is 14.3. The van der Waals surface area contributed by atoms with Crippen LogP contribution in [0.15, 0.2) is 59.9 Å². The lowest BCUT2D eigenvalue weighted by molar-refractivity contribution is 0.578. The highest BCUT2D eigenvalue weighted by atomic mass is 19.1. The summed E-state index contributed by atoms with van der Waals surface area (Å²) in [4.78, 5) is 16.5. The molecular weight excluding hydrogens is 478 g/mol. The molecule has 4 nitrogen and oxygen atoms in total. The molecule has 0 aliphatic carbocycles. The average molecular weight is 519 g/mol. The maximum atomic E-state index is 14.2. The summed E-state index contributed by atoms with van der Waals surface area (Å²) in [5.41, 5.74) is 3.57. The van der Waals surface area contributed by atoms with Crippen molar-refractivity contribution >= 4 is 11.7 Å². The number of rotatable bonds is 14. The van der Waals surface area contributed by atoms with Crippen LogP contribution in [0.25, 0.3) is 11.1 Å². The van der Waals surface area contributed by atoms with Crippen molar-refractivity contribution in [3.8, 4) is 11.1 Å². The molecule has 2 heterocycles. The zero-order chi connectivity index (χ0) is 26.7. The van der Waals surface area contributed by atoms with E-state index in [2.05, 4.69) is 35.9 Å². The van der Waals surface area contributed by atoms with Crippen molar-refractivity contribution in [1.82, 2.24) is 9.97 Å². The third-order valence-electron chi connectivity index (χ3n) is 7.33. The van der Waals surface area contributed by atoms with Crippen molar-refractivity contribution in [2.45, 2.75) is 84.1 Å². The van der Waals surface area contributed by atoms with E-state index in [-0.39, 0.29) is 11.6 Å². The van der Waals surface area contributed by atoms with Crippen molar-refractivity contribution < 1.29 is 8.78 Å². The number of anilines is 1. The van der Waals surface area contributed by atoms with Crippen LogP contribution in [0.5, 0.6) is 0 Å². The topological polar surface area (TPSA) is 41.4 Å². The number of hydrogen-bond donors (Lipinski definition) is 0. The first-order chi connectivity index (χ1) is 18.6. The van der Waals surface area contributed by atoms with Gasteiger partial charge >= 0.3 is 0 Å². The Hall–Kier alpha value is -3.15. The SMILES string of the molecule is CCCCCCN(CCCCCC)c1ncc(-c2ccc(C3CCC(c4c(F)cccc4F)=N3)cc2)cn1. The van der Waals surface area contributed by atoms with Gasteiger partial charge < -0.3 is 4.90 Å². The summed E-state index contributed by atoms with van der Waals surface area (Å²) in [6.45, 7) is 6.48. The maximum Gasteiger partial charge on any atom is 0.225 e. The van der Waals surface area contributed by atoms with Gasteiger partial charge in [-0.15, -0.1) is 0 Å². The Balaban J connectivity index is 1.42. The number of halogens is 2. The Bertz CT molecular complexity index is 1140. The summed E-state index contributed by atoms with van der Waals surface area (Å²) in [6, 6.07) is 12.1. The van der Waals surface area contributed by atoms with E-state index in [4.69, 9.17) is 9.97 Å². The molecule has 0 bridgehead atoms. The van der Waals surface area contributed by atoms with E-state index in [0.717, 1.165) is 42.1 Å². The second kappa shape index (κ2) is 14.1. The van der Waals surface area contributed by atoms with Gasteiger partial charge in [0.25, 0.3) is 0 Å². The monoisotopic (exact) mass is 518 g/mol. The first-order valence-corrected chi connectivity index (χ1v) is 14.3. The lowest BCUT2D eigenvalue weighted by Crippen LogP contribution is -2.27. The number of benzene rings is 2. The smallest absolute Gasteiger partial charge is 0.225 e. The lowest BCUT2D eigenvalue weighted by atomic mass is 10.0. The molecule has 0 saturated heterocycles. The van der Waals surface area contributed by atoms with Crippen LogP contribution in [0, 0.1) is 11.6 Å². The molecule has 2 aromatic carbocycles. The zero-order valence-electron chi connectivity index (χ0n) is 22.8. The van der Waals surface area contributed by atoms with E-state index in [9.17, 15) is 8.78 Å². The molecule has 3 aromatic rings. The van der Waals surface area contributed by atoms with Gasteiger partial charge in [0.05, 0.1) is 11.6 Å². The number of aliphatic imine (C=N–C) groups is 1. The van der Waals surface area contributed by atoms with Crippen LogP contribution in [0.4, 0.5) is 14.7 Å². The minimum atomic E-state index is -0.552. The fraction of sp³-hybridized carbons (Fsp3) is 0.469. The van der Waals surface area contributed by atoms with Crippen LogP contribution in [-0.4, -0.2) is 28.8 Å². The lowest BCUT2D eigenvalue weighted by Gasteiger charge is -2.22. The standard InChI is InChI=1S/C32H40F2N4/c1-3-5-7-9-20-38(21-10-8-6-4-2)32-35-22-26(23-36-32)24-14-16-25(17-15-24)29-18-19-30(37-29)31-27(33)12-11-13-28(31)34/h11-17,22-23,29H,3-10,18-21H2,1-2H3. The Morgan fingerprint density at radius 2 is 1.37 bits per heavy atom. The fourth-order valence-electron chi connectivity index (χ4n) is 5.10. The van der Waals surface area contributed by atoms with Gasteiger partial charge in [-0.3, -0.25) is 4.99 Å². The van der Waals surface area contributed by atoms with E-state index < -0.39 is 11.6 Å². The Morgan fingerprint density at radius 1 is 0.763 bits per heavy atom. The zero-order valence-corrected chi connectivity index (χ0v) is 22.8. The van der Waals surface area contributed by atoms with Gasteiger partial charge in [0.1, 0.15) is 11.6 Å². The minimum Gasteiger partial charge on any atom is -0.341 e. The largest absolute Gasteiger partial charge is 0.341 e. The van der Waals surface area contributed by atoms with Crippen molar-refractivity contribution in [2.75, 3.05) is 18.0 Å². The van der Waals surface area contributed by atoms with Gasteiger partial charge in [-0.1, -0.05) is 82.7 Å². The average Bonchev–Trinajstić information content (AvgIpc) is 3.42. The molecule has 1 atom stereocenters. The van der Waals surface area contributed by atoms with Crippen LogP contribution in [0.1, 0.15) is 95.2 Å². The number of aromatic nitrogens is 2. The van der Waals surface area contributed by atoms with Crippen LogP contribution >= 0.6 is 0 Å². The summed E-state index contributed by atoms with van der Waals surface area (Å²) in [7, 11) is 0. The maximum absolute atomic E-state index is 14.2. The number of unbranched alkanes of at least 4 members (excludes halogenated alkanes) is 6. The van der Waals surface area contributed by atoms with Gasteiger partial charge in [0.2, 0.25) is 5.95 Å². The van der Waals surface area contributed by atoms with E-state index in [0.29, 0.717) is 12.1 Å². The molecule has 6 heteroatoms. The van der Waals surface area contributed by atoms with Gasteiger partial charge in [0.15, 0.2) is 0 Å². The fourth-order valence-corrected chi connectivity index (χ4v) is 5.10. The highest BCUT2D eigenvalue weighted by molar-refractivity contribution is 6.02. The van der Waals surface area contributed by atoms with Crippen molar-refractivity contribution in [3.05, 3.63) is 77.6 Å². The molecule has 4 rings (SSSR count). The Morgan fingerprint density at radius 3 is 1.95 bits per heavy atom. The molecule has 38 heavy (non-hydrogen) atoms. The summed E-state index contributed by atoms with van der Waals surface area (Å²) >= 11 is 0. The molecule has 0 saturated carbocycles. The summed E-state index contributed by atoms with van der Waals surface area (Å²) in [6.07, 6.45) is 15.0. The summed E-state index contributed by atoms with van der Waals surface area (Å²) in [5, 5.41) is 0. The second-order valence-electron chi connectivity index (χ2n) is 10.2. The molecule has 0 amide bonds. The summed E-state index contributed by atoms with van der Waals surface area (Å²) < 4.78 is 28.4. The third kappa shape index (κ3) is 7.24. The van der Waals surface area contributed by atoms with Crippen molar-refractivity contribution in [3.63, 3.8) is 0 Å². The molecular formula is C32H40F2N4. The van der Waals surface area contributed by atoms with E-state index in [1.54, 1.807) is 0 Å². The first kappa shape index (κ1) is 27.9. The van der Waals surface area contributed by atoms with Crippen LogP contribution < -0.4 is 4.90 Å². The van der Waals surface area contributed by atoms with Crippen LogP contribution in [-0.2, 0) is 0 Å². The second-order valence-corrected chi connectivity index (χ2v) is 10.2. The highest BCUT2D eigenvalue weighted by Crippen LogP contribution is 2.33. The molecule has 0 radical (unpaired) electrons. The molecule has 0 N–H and O–H groups in total. The Labute approximate surface area is 226 Å². The number of hydrogen-bond acceptors (Lipinski definition) is 4. The molecule has 1 unspecified atom stereocenters. The molecule has 0 fully saturated rings. The van der Waals surface area contributed by atoms with Gasteiger partial charge in [-0.2, -0.15) is 0 Å². The molecule has 0 spiro atoms. The van der Waals surface area contributed by atoms with E-state index in [1.807, 2.05) is 24.5 Å². The Kier molecular flexibility index (Phi) is 10.4. The molecule has 1 aliphatic rings. The van der Waals surface area contributed by atoms with Crippen molar-refractivity contribution in [1.29, 1.82) is 0 Å². The predicted octanol–water partition coefficient (Wildman–Crippen LogP) is 8.71. The quantitative estimate of drug-likeness (QED) is 0.200. The normalized spacial score (nSPS) is 15.1. The van der Waals surface area contributed by atoms with Crippen LogP contribution in [0.3, 0.4) is 0 Å². The van der Waals surface area contributed by atoms with Gasteiger partial charge in [-0.05, 0) is 48.9 Å².